The number of hydrogen-bond donors (Lipinski definition) is 0. The van der Waals surface area contributed by atoms with Gasteiger partial charge in [-0.25, -0.2) is 4.79 Å². The molecule has 0 aliphatic carbocycles. The smallest absolute Gasteiger partial charge is 0.387 e. The molecule has 1 aliphatic heterocycles. The predicted molar refractivity (Wildman–Crippen MR) is 126 cm³/mol. The summed E-state index contributed by atoms with van der Waals surface area (Å²) in [6, 6.07) is 12.4. The lowest BCUT2D eigenvalue weighted by atomic mass is 9.88. The summed E-state index contributed by atoms with van der Waals surface area (Å²) in [5, 5.41) is 0. The Morgan fingerprint density at radius 1 is 1.24 bits per heavy atom. The van der Waals surface area contributed by atoms with Gasteiger partial charge in [-0.15, -0.1) is 11.3 Å². The third-order valence-corrected chi connectivity index (χ3v) is 7.42. The van der Waals surface area contributed by atoms with Gasteiger partial charge in [-0.1, -0.05) is 22.6 Å². The van der Waals surface area contributed by atoms with Crippen molar-refractivity contribution in [3.63, 3.8) is 0 Å². The number of benzene rings is 2. The molecule has 7 nitrogen and oxygen atoms in total. The Morgan fingerprint density at radius 3 is 2.65 bits per heavy atom. The van der Waals surface area contributed by atoms with Crippen molar-refractivity contribution in [3.05, 3.63) is 68.3 Å². The molecule has 0 radical (unpaired) electrons. The minimum absolute atomic E-state index is 0.00983. The molecule has 2 atom stereocenters. The summed E-state index contributed by atoms with van der Waals surface area (Å²) in [7, 11) is -1.42. The maximum absolute atomic E-state index is 13.1. The van der Waals surface area contributed by atoms with Crippen LogP contribution in [0.4, 0.5) is 13.6 Å². The zero-order valence-corrected chi connectivity index (χ0v) is 21.0. The number of urea groups is 1. The largest absolute Gasteiger partial charge is 0.479 e. The van der Waals surface area contributed by atoms with E-state index in [1.54, 1.807) is 31.2 Å². The van der Waals surface area contributed by atoms with Crippen LogP contribution in [0.5, 0.6) is 11.5 Å². The number of carbonyl (C=O) groups excluding carboxylic acids is 1. The first kappa shape index (κ1) is 24.3. The van der Waals surface area contributed by atoms with Gasteiger partial charge < -0.3 is 14.4 Å². The zero-order valence-electron chi connectivity index (χ0n) is 17.7. The molecule has 0 fully saturated rings. The highest BCUT2D eigenvalue weighted by molar-refractivity contribution is 9.11. The van der Waals surface area contributed by atoms with Crippen molar-refractivity contribution in [2.75, 3.05) is 7.05 Å². The highest BCUT2D eigenvalue weighted by Crippen LogP contribution is 2.50. The van der Waals surface area contributed by atoms with Gasteiger partial charge in [0, 0.05) is 12.6 Å². The average molecular weight is 571 g/mol. The summed E-state index contributed by atoms with van der Waals surface area (Å²) in [5.74, 6) is 0.398. The van der Waals surface area contributed by atoms with Crippen LogP contribution >= 0.6 is 27.3 Å². The lowest BCUT2D eigenvalue weighted by molar-refractivity contribution is -0.0496. The van der Waals surface area contributed by atoms with Crippen LogP contribution in [0.2, 0.25) is 0 Å². The van der Waals surface area contributed by atoms with Gasteiger partial charge in [-0.05, 0) is 64.3 Å². The first-order chi connectivity index (χ1) is 16.2. The number of rotatable bonds is 5. The predicted octanol–water partition coefficient (Wildman–Crippen LogP) is 6.44. The zero-order chi connectivity index (χ0) is 24.6. The van der Waals surface area contributed by atoms with Crippen LogP contribution in [0.1, 0.15) is 35.1 Å². The Morgan fingerprint density at radius 2 is 2.00 bits per heavy atom. The van der Waals surface area contributed by atoms with Crippen molar-refractivity contribution in [3.8, 4) is 22.6 Å². The minimum Gasteiger partial charge on any atom is -0.479 e. The fourth-order valence-corrected chi connectivity index (χ4v) is 5.47. The quantitative estimate of drug-likeness (QED) is 0.352. The average Bonchev–Trinajstić information content (AvgIpc) is 3.22. The van der Waals surface area contributed by atoms with E-state index in [0.29, 0.717) is 28.0 Å². The summed E-state index contributed by atoms with van der Waals surface area (Å²) in [5.41, 5.74) is 2.44. The van der Waals surface area contributed by atoms with E-state index in [1.165, 1.54) is 29.4 Å². The Labute approximate surface area is 207 Å². The number of amides is 2. The van der Waals surface area contributed by atoms with Crippen molar-refractivity contribution >= 4 is 43.8 Å². The standard InChI is InChI=1S/C22H17BrF2N2O5S2/c1-11(27(2)22(28)26-34(29)30)12-6-7-13-14(10-12)20(17-8-9-18(23)33-17)31-15-4-3-5-16(19(13)15)32-21(24)25/h3-11,20-21H,1-2H3. The van der Waals surface area contributed by atoms with Gasteiger partial charge in [-0.3, -0.25) is 0 Å². The number of ether oxygens (including phenoxy) is 2. The lowest BCUT2D eigenvalue weighted by Gasteiger charge is -2.31. The van der Waals surface area contributed by atoms with Crippen LogP contribution in [0, 0.1) is 0 Å². The summed E-state index contributed by atoms with van der Waals surface area (Å²) in [4.78, 5) is 14.2. The Kier molecular flexibility index (Phi) is 7.01. The summed E-state index contributed by atoms with van der Waals surface area (Å²) in [6.07, 6.45) is -0.535. The lowest BCUT2D eigenvalue weighted by Crippen LogP contribution is -2.27. The molecular formula is C22H17BrF2N2O5S2. The third kappa shape index (κ3) is 4.84. The molecule has 2 amide bonds. The molecule has 1 aromatic heterocycles. The van der Waals surface area contributed by atoms with Crippen LogP contribution in [-0.2, 0) is 10.5 Å². The van der Waals surface area contributed by atoms with E-state index in [0.717, 1.165) is 8.66 Å². The highest BCUT2D eigenvalue weighted by atomic mass is 79.9. The minimum atomic E-state index is -3.00. The van der Waals surface area contributed by atoms with Gasteiger partial charge in [0.05, 0.1) is 20.3 Å². The number of fused-ring (bicyclic) bond motifs is 3. The maximum atomic E-state index is 13.1. The molecule has 4 rings (SSSR count). The molecule has 1 aliphatic rings. The summed E-state index contributed by atoms with van der Waals surface area (Å²) >= 11 is 4.93. The van der Waals surface area contributed by atoms with E-state index >= 15 is 0 Å². The van der Waals surface area contributed by atoms with Gasteiger partial charge in [0.1, 0.15) is 11.5 Å². The fourth-order valence-electron chi connectivity index (χ4n) is 3.74. The number of carbonyl (C=O) groups is 1. The molecule has 2 unspecified atom stereocenters. The van der Waals surface area contributed by atoms with E-state index in [1.807, 2.05) is 18.2 Å². The van der Waals surface area contributed by atoms with E-state index in [-0.39, 0.29) is 5.75 Å². The number of hydrogen-bond acceptors (Lipinski definition) is 6. The van der Waals surface area contributed by atoms with Gasteiger partial charge in [-0.2, -0.15) is 17.2 Å². The molecule has 2 heterocycles. The molecule has 0 saturated carbocycles. The van der Waals surface area contributed by atoms with E-state index in [2.05, 4.69) is 20.3 Å². The topological polar surface area (TPSA) is 85.3 Å². The second-order valence-corrected chi connectivity index (χ2v) is 10.5. The van der Waals surface area contributed by atoms with Crippen LogP contribution in [-0.4, -0.2) is 33.0 Å². The Balaban J connectivity index is 1.85. The molecule has 178 valence electrons. The van der Waals surface area contributed by atoms with Gasteiger partial charge in [0.15, 0.2) is 6.10 Å². The van der Waals surface area contributed by atoms with Crippen LogP contribution in [0.25, 0.3) is 11.1 Å². The van der Waals surface area contributed by atoms with E-state index < -0.39 is 35.3 Å². The number of halogens is 3. The first-order valence-corrected chi connectivity index (χ1v) is 12.5. The normalized spacial score (nSPS) is 15.1. The number of thiophene rings is 1. The molecule has 2 aromatic carbocycles. The van der Waals surface area contributed by atoms with Gasteiger partial charge in [0.25, 0.3) is 0 Å². The van der Waals surface area contributed by atoms with Crippen molar-refractivity contribution in [1.29, 1.82) is 0 Å². The molecule has 34 heavy (non-hydrogen) atoms. The SMILES string of the molecule is CC(c1ccc2c(c1)C(c1ccc(Br)s1)Oc1cccc(OC(F)F)c1-2)N(C)C(=O)N=S(=O)=O. The molecule has 0 spiro atoms. The summed E-state index contributed by atoms with van der Waals surface area (Å²) in [6.45, 7) is -1.28. The number of alkyl halides is 2. The molecular weight excluding hydrogens is 554 g/mol. The molecule has 12 heteroatoms. The van der Waals surface area contributed by atoms with Crippen LogP contribution in [0.3, 0.4) is 0 Å². The van der Waals surface area contributed by atoms with Crippen molar-refractivity contribution in [2.24, 2.45) is 4.36 Å². The monoisotopic (exact) mass is 570 g/mol. The van der Waals surface area contributed by atoms with Crippen molar-refractivity contribution in [2.45, 2.75) is 25.7 Å². The highest BCUT2D eigenvalue weighted by Gasteiger charge is 2.32. The summed E-state index contributed by atoms with van der Waals surface area (Å²) < 4.78 is 62.7. The van der Waals surface area contributed by atoms with Crippen LogP contribution in [0.15, 0.2) is 56.7 Å². The molecule has 0 N–H and O–H groups in total. The van der Waals surface area contributed by atoms with Crippen molar-refractivity contribution < 1.29 is 31.5 Å². The molecule has 3 aromatic rings. The van der Waals surface area contributed by atoms with Gasteiger partial charge >= 0.3 is 23.1 Å². The first-order valence-electron chi connectivity index (χ1n) is 9.87. The Hall–Kier alpha value is -2.83. The molecule has 0 saturated heterocycles. The van der Waals surface area contributed by atoms with E-state index in [4.69, 9.17) is 9.47 Å². The van der Waals surface area contributed by atoms with Gasteiger partial charge in [0.2, 0.25) is 0 Å². The number of nitrogens with zero attached hydrogens (tertiary/aromatic N) is 2. The van der Waals surface area contributed by atoms with Crippen LogP contribution < -0.4 is 9.47 Å². The second-order valence-electron chi connectivity index (χ2n) is 7.37. The molecule has 0 bridgehead atoms. The fraction of sp³-hybridized carbons (Fsp3) is 0.227. The third-order valence-electron chi connectivity index (χ3n) is 5.45. The van der Waals surface area contributed by atoms with E-state index in [9.17, 15) is 22.0 Å². The van der Waals surface area contributed by atoms with Crippen molar-refractivity contribution in [1.82, 2.24) is 4.90 Å². The Bertz CT molecular complexity index is 1390. The second kappa shape index (κ2) is 9.80. The maximum Gasteiger partial charge on any atom is 0.387 e.